The van der Waals surface area contributed by atoms with Crippen molar-refractivity contribution in [1.29, 1.82) is 0 Å². The van der Waals surface area contributed by atoms with Gasteiger partial charge in [-0.25, -0.2) is 0 Å². The lowest BCUT2D eigenvalue weighted by Crippen LogP contribution is -2.48. The molecular formula is C23H34N2O3. The van der Waals surface area contributed by atoms with Gasteiger partial charge < -0.3 is 15.0 Å². The fourth-order valence-corrected chi connectivity index (χ4v) is 4.43. The van der Waals surface area contributed by atoms with Crippen LogP contribution in [0.1, 0.15) is 77.3 Å². The Morgan fingerprint density at radius 2 is 1.89 bits per heavy atom. The molecule has 1 saturated carbocycles. The van der Waals surface area contributed by atoms with E-state index >= 15 is 0 Å². The zero-order chi connectivity index (χ0) is 20.1. The summed E-state index contributed by atoms with van der Waals surface area (Å²) >= 11 is 0. The highest BCUT2D eigenvalue weighted by Gasteiger charge is 2.38. The Morgan fingerprint density at radius 3 is 2.57 bits per heavy atom. The summed E-state index contributed by atoms with van der Waals surface area (Å²) in [5, 5.41) is 3.23. The van der Waals surface area contributed by atoms with Crippen molar-refractivity contribution >= 4 is 11.8 Å². The monoisotopic (exact) mass is 386 g/mol. The van der Waals surface area contributed by atoms with Crippen LogP contribution in [0.4, 0.5) is 0 Å². The number of nitrogens with one attached hydrogen (secondary N) is 1. The molecule has 0 saturated heterocycles. The SMILES string of the molecule is CCC(=O)N1C[C@H](CC(C)C)Oc2ccccc2[C@@H]1C(=O)NC1CCCCC1. The Kier molecular flexibility index (Phi) is 6.97. The number of amides is 2. The third kappa shape index (κ3) is 4.86. The summed E-state index contributed by atoms with van der Waals surface area (Å²) in [6.07, 6.45) is 6.71. The van der Waals surface area contributed by atoms with Crippen LogP contribution in [0.5, 0.6) is 5.75 Å². The van der Waals surface area contributed by atoms with Crippen LogP contribution in [0.2, 0.25) is 0 Å². The number of ether oxygens (including phenoxy) is 1. The smallest absolute Gasteiger partial charge is 0.247 e. The van der Waals surface area contributed by atoms with E-state index in [4.69, 9.17) is 4.74 Å². The molecule has 1 aromatic rings. The summed E-state index contributed by atoms with van der Waals surface area (Å²) in [5.74, 6) is 1.10. The largest absolute Gasteiger partial charge is 0.488 e. The summed E-state index contributed by atoms with van der Waals surface area (Å²) in [6, 6.07) is 7.28. The average Bonchev–Trinajstić information content (AvgIpc) is 2.84. The fraction of sp³-hybridized carbons (Fsp3) is 0.652. The molecule has 2 atom stereocenters. The van der Waals surface area contributed by atoms with E-state index in [0.29, 0.717) is 18.9 Å². The first-order valence-corrected chi connectivity index (χ1v) is 10.8. The van der Waals surface area contributed by atoms with Gasteiger partial charge in [0.15, 0.2) is 0 Å². The van der Waals surface area contributed by atoms with Crippen LogP contribution < -0.4 is 10.1 Å². The van der Waals surface area contributed by atoms with Gasteiger partial charge in [0, 0.05) is 18.0 Å². The van der Waals surface area contributed by atoms with Crippen LogP contribution in [0.3, 0.4) is 0 Å². The Balaban J connectivity index is 1.93. The van der Waals surface area contributed by atoms with E-state index < -0.39 is 6.04 Å². The molecule has 2 amide bonds. The molecule has 1 aliphatic carbocycles. The number of hydrogen-bond donors (Lipinski definition) is 1. The lowest BCUT2D eigenvalue weighted by Gasteiger charge is -2.32. The van der Waals surface area contributed by atoms with Crippen LogP contribution in [0.15, 0.2) is 24.3 Å². The van der Waals surface area contributed by atoms with Gasteiger partial charge in [-0.3, -0.25) is 9.59 Å². The maximum atomic E-state index is 13.4. The molecule has 0 unspecified atom stereocenters. The number of hydrogen-bond acceptors (Lipinski definition) is 3. The molecule has 5 nitrogen and oxygen atoms in total. The molecule has 0 bridgehead atoms. The van der Waals surface area contributed by atoms with Gasteiger partial charge in [-0.2, -0.15) is 0 Å². The van der Waals surface area contributed by atoms with E-state index in [1.54, 1.807) is 4.90 Å². The molecule has 1 N–H and O–H groups in total. The van der Waals surface area contributed by atoms with Crippen LogP contribution in [0.25, 0.3) is 0 Å². The minimum atomic E-state index is -0.622. The second-order valence-corrected chi connectivity index (χ2v) is 8.55. The van der Waals surface area contributed by atoms with Gasteiger partial charge >= 0.3 is 0 Å². The lowest BCUT2D eigenvalue weighted by atomic mass is 9.94. The normalized spacial score (nSPS) is 22.9. The summed E-state index contributed by atoms with van der Waals surface area (Å²) in [7, 11) is 0. The Morgan fingerprint density at radius 1 is 1.18 bits per heavy atom. The van der Waals surface area contributed by atoms with E-state index in [-0.39, 0.29) is 24.0 Å². The van der Waals surface area contributed by atoms with E-state index in [2.05, 4.69) is 19.2 Å². The molecule has 154 valence electrons. The highest BCUT2D eigenvalue weighted by atomic mass is 16.5. The van der Waals surface area contributed by atoms with Crippen molar-refractivity contribution < 1.29 is 14.3 Å². The van der Waals surface area contributed by atoms with Crippen LogP contribution in [-0.4, -0.2) is 35.4 Å². The Hall–Kier alpha value is -2.04. The molecule has 2 aliphatic rings. The molecule has 0 spiro atoms. The quantitative estimate of drug-likeness (QED) is 0.824. The third-order valence-corrected chi connectivity index (χ3v) is 5.78. The first-order chi connectivity index (χ1) is 13.5. The standard InChI is InChI=1S/C23H34N2O3/c1-4-21(26)25-15-18(14-16(2)3)28-20-13-9-8-12-19(20)22(25)23(27)24-17-10-6-5-7-11-17/h8-9,12-13,16-18,22H,4-7,10-11,14-15H2,1-3H3,(H,24,27)/t18-,22+/m0/s1. The molecular weight excluding hydrogens is 352 g/mol. The zero-order valence-electron chi connectivity index (χ0n) is 17.4. The van der Waals surface area contributed by atoms with Crippen molar-refractivity contribution in [3.63, 3.8) is 0 Å². The number of carbonyl (C=O) groups is 2. The van der Waals surface area contributed by atoms with Gasteiger partial charge in [-0.05, 0) is 31.2 Å². The van der Waals surface area contributed by atoms with Gasteiger partial charge in [0.05, 0.1) is 6.54 Å². The number of benzene rings is 1. The molecule has 0 aromatic heterocycles. The van der Waals surface area contributed by atoms with Gasteiger partial charge in [-0.15, -0.1) is 0 Å². The molecule has 1 fully saturated rings. The maximum absolute atomic E-state index is 13.4. The van der Waals surface area contributed by atoms with E-state index in [9.17, 15) is 9.59 Å². The first kappa shape index (κ1) is 20.7. The van der Waals surface area contributed by atoms with Crippen molar-refractivity contribution in [3.8, 4) is 5.75 Å². The number of fused-ring (bicyclic) bond motifs is 1. The number of nitrogens with zero attached hydrogens (tertiary/aromatic N) is 1. The summed E-state index contributed by atoms with van der Waals surface area (Å²) < 4.78 is 6.29. The van der Waals surface area contributed by atoms with Gasteiger partial charge in [0.1, 0.15) is 17.9 Å². The van der Waals surface area contributed by atoms with E-state index in [1.165, 1.54) is 6.42 Å². The predicted molar refractivity (Wildman–Crippen MR) is 110 cm³/mol. The second-order valence-electron chi connectivity index (χ2n) is 8.55. The van der Waals surface area contributed by atoms with Crippen LogP contribution >= 0.6 is 0 Å². The van der Waals surface area contributed by atoms with Crippen LogP contribution in [0, 0.1) is 5.92 Å². The van der Waals surface area contributed by atoms with Gasteiger partial charge in [0.25, 0.3) is 0 Å². The van der Waals surface area contributed by atoms with Crippen molar-refractivity contribution in [1.82, 2.24) is 10.2 Å². The van der Waals surface area contributed by atoms with Gasteiger partial charge in [-0.1, -0.05) is 58.2 Å². The molecule has 1 aliphatic heterocycles. The fourth-order valence-electron chi connectivity index (χ4n) is 4.43. The minimum absolute atomic E-state index is 0.00199. The molecule has 0 radical (unpaired) electrons. The molecule has 3 rings (SSSR count). The molecule has 28 heavy (non-hydrogen) atoms. The summed E-state index contributed by atoms with van der Waals surface area (Å²) in [4.78, 5) is 28.0. The lowest BCUT2D eigenvalue weighted by molar-refractivity contribution is -0.141. The number of carbonyl (C=O) groups excluding carboxylic acids is 2. The third-order valence-electron chi connectivity index (χ3n) is 5.78. The van der Waals surface area contributed by atoms with Gasteiger partial charge in [0.2, 0.25) is 11.8 Å². The summed E-state index contributed by atoms with van der Waals surface area (Å²) in [5.41, 5.74) is 0.795. The number of rotatable bonds is 5. The highest BCUT2D eigenvalue weighted by molar-refractivity contribution is 5.89. The predicted octanol–water partition coefficient (Wildman–Crippen LogP) is 4.22. The average molecular weight is 387 g/mol. The minimum Gasteiger partial charge on any atom is -0.488 e. The summed E-state index contributed by atoms with van der Waals surface area (Å²) in [6.45, 7) is 6.61. The Bertz CT molecular complexity index is 682. The van der Waals surface area contributed by atoms with E-state index in [0.717, 1.165) is 43.4 Å². The highest BCUT2D eigenvalue weighted by Crippen LogP contribution is 2.35. The molecule has 5 heteroatoms. The topological polar surface area (TPSA) is 58.6 Å². The Labute approximate surface area is 168 Å². The zero-order valence-corrected chi connectivity index (χ0v) is 17.4. The number of para-hydroxylation sites is 1. The van der Waals surface area contributed by atoms with Crippen LogP contribution in [-0.2, 0) is 9.59 Å². The first-order valence-electron chi connectivity index (χ1n) is 10.8. The van der Waals surface area contributed by atoms with E-state index in [1.807, 2.05) is 31.2 Å². The molecule has 1 aromatic carbocycles. The van der Waals surface area contributed by atoms with Crippen molar-refractivity contribution in [3.05, 3.63) is 29.8 Å². The maximum Gasteiger partial charge on any atom is 0.247 e. The van der Waals surface area contributed by atoms with Crippen molar-refractivity contribution in [2.45, 2.75) is 83.9 Å². The second kappa shape index (κ2) is 9.44. The van der Waals surface area contributed by atoms with Crippen molar-refractivity contribution in [2.75, 3.05) is 6.54 Å². The van der Waals surface area contributed by atoms with Crippen molar-refractivity contribution in [2.24, 2.45) is 5.92 Å². The molecule has 1 heterocycles.